The number of methoxy groups -OCH3 is 2. The minimum absolute atomic E-state index is 0.282. The number of hydrogen-bond donors (Lipinski definition) is 1. The molecule has 2 aromatic carbocycles. The summed E-state index contributed by atoms with van der Waals surface area (Å²) in [4.78, 5) is 24.0. The van der Waals surface area contributed by atoms with Crippen molar-refractivity contribution in [3.63, 3.8) is 0 Å². The summed E-state index contributed by atoms with van der Waals surface area (Å²) in [5.41, 5.74) is 0.657. The predicted octanol–water partition coefficient (Wildman–Crippen LogP) is 2.89. The molecule has 0 fully saturated rings. The average molecular weight is 329 g/mol. The van der Waals surface area contributed by atoms with Crippen molar-refractivity contribution in [1.29, 1.82) is 0 Å². The van der Waals surface area contributed by atoms with E-state index < -0.39 is 12.1 Å². The van der Waals surface area contributed by atoms with Crippen LogP contribution in [0.15, 0.2) is 48.5 Å². The quantitative estimate of drug-likeness (QED) is 0.825. The first-order valence-electron chi connectivity index (χ1n) is 7.34. The first-order chi connectivity index (χ1) is 11.5. The fourth-order valence-corrected chi connectivity index (χ4v) is 2.03. The van der Waals surface area contributed by atoms with Crippen LogP contribution in [0.3, 0.4) is 0 Å². The van der Waals surface area contributed by atoms with E-state index in [0.717, 1.165) is 0 Å². The molecule has 6 nitrogen and oxygen atoms in total. The zero-order chi connectivity index (χ0) is 17.5. The van der Waals surface area contributed by atoms with Crippen molar-refractivity contribution in [3.8, 4) is 11.5 Å². The number of carbonyl (C=O) groups is 2. The second-order valence-electron chi connectivity index (χ2n) is 4.96. The van der Waals surface area contributed by atoms with E-state index in [1.165, 1.54) is 7.11 Å². The molecule has 0 radical (unpaired) electrons. The van der Waals surface area contributed by atoms with Crippen LogP contribution in [0.4, 0.5) is 5.69 Å². The molecule has 0 heterocycles. The molecule has 0 spiro atoms. The zero-order valence-electron chi connectivity index (χ0n) is 13.7. The number of para-hydroxylation sites is 1. The van der Waals surface area contributed by atoms with Gasteiger partial charge in [-0.1, -0.05) is 12.1 Å². The van der Waals surface area contributed by atoms with Gasteiger partial charge in [-0.15, -0.1) is 0 Å². The highest BCUT2D eigenvalue weighted by Crippen LogP contribution is 2.20. The third kappa shape index (κ3) is 4.25. The second-order valence-corrected chi connectivity index (χ2v) is 4.96. The lowest BCUT2D eigenvalue weighted by Crippen LogP contribution is -2.30. The summed E-state index contributed by atoms with van der Waals surface area (Å²) in [7, 11) is 2.86. The lowest BCUT2D eigenvalue weighted by atomic mass is 10.1. The fraction of sp³-hybridized carbons (Fsp3) is 0.222. The van der Waals surface area contributed by atoms with E-state index in [1.807, 2.05) is 0 Å². The standard InChI is InChI=1S/C18H19NO5/c1-12(24-14-10-8-13(22-2)9-11-14)17(20)19-16-7-5-4-6-15(16)18(21)23-3/h4-12H,1-3H3,(H,19,20)/t12-/m1/s1. The third-order valence-electron chi connectivity index (χ3n) is 3.33. The molecule has 126 valence electrons. The number of benzene rings is 2. The van der Waals surface area contributed by atoms with Gasteiger partial charge >= 0.3 is 5.97 Å². The van der Waals surface area contributed by atoms with E-state index in [9.17, 15) is 9.59 Å². The largest absolute Gasteiger partial charge is 0.497 e. The van der Waals surface area contributed by atoms with Crippen molar-refractivity contribution in [2.75, 3.05) is 19.5 Å². The summed E-state index contributed by atoms with van der Waals surface area (Å²) in [5, 5.41) is 2.68. The van der Waals surface area contributed by atoms with Crippen molar-refractivity contribution >= 4 is 17.6 Å². The molecule has 2 aromatic rings. The van der Waals surface area contributed by atoms with Crippen LogP contribution in [0.2, 0.25) is 0 Å². The molecule has 2 rings (SSSR count). The highest BCUT2D eigenvalue weighted by molar-refractivity contribution is 6.02. The molecule has 0 saturated carbocycles. The first kappa shape index (κ1) is 17.3. The molecule has 0 saturated heterocycles. The SMILES string of the molecule is COC(=O)c1ccccc1NC(=O)[C@@H](C)Oc1ccc(OC)cc1. The van der Waals surface area contributed by atoms with Crippen LogP contribution in [0, 0.1) is 0 Å². The van der Waals surface area contributed by atoms with Gasteiger partial charge in [0.15, 0.2) is 6.10 Å². The Kier molecular flexibility index (Phi) is 5.78. The lowest BCUT2D eigenvalue weighted by Gasteiger charge is -2.16. The number of rotatable bonds is 6. The molecule has 0 aliphatic carbocycles. The van der Waals surface area contributed by atoms with Crippen LogP contribution in [-0.4, -0.2) is 32.2 Å². The maximum absolute atomic E-state index is 12.3. The maximum Gasteiger partial charge on any atom is 0.339 e. The topological polar surface area (TPSA) is 73.9 Å². The Labute approximate surface area is 140 Å². The van der Waals surface area contributed by atoms with Crippen molar-refractivity contribution in [3.05, 3.63) is 54.1 Å². The third-order valence-corrected chi connectivity index (χ3v) is 3.33. The van der Waals surface area contributed by atoms with Crippen molar-refractivity contribution in [1.82, 2.24) is 0 Å². The monoisotopic (exact) mass is 329 g/mol. The Hall–Kier alpha value is -3.02. The molecule has 0 aliphatic heterocycles. The van der Waals surface area contributed by atoms with Crippen LogP contribution in [0.25, 0.3) is 0 Å². The van der Waals surface area contributed by atoms with Gasteiger partial charge in [0.05, 0.1) is 25.5 Å². The molecule has 0 bridgehead atoms. The first-order valence-corrected chi connectivity index (χ1v) is 7.34. The van der Waals surface area contributed by atoms with Crippen molar-refractivity contribution < 1.29 is 23.8 Å². The molecule has 24 heavy (non-hydrogen) atoms. The summed E-state index contributed by atoms with van der Waals surface area (Å²) in [6, 6.07) is 13.5. The maximum atomic E-state index is 12.3. The Balaban J connectivity index is 2.05. The number of anilines is 1. The van der Waals surface area contributed by atoms with E-state index in [2.05, 4.69) is 5.32 Å². The number of carbonyl (C=O) groups excluding carboxylic acids is 2. The van der Waals surface area contributed by atoms with Gasteiger partial charge in [-0.25, -0.2) is 4.79 Å². The number of amides is 1. The van der Waals surface area contributed by atoms with Gasteiger partial charge in [0, 0.05) is 0 Å². The summed E-state index contributed by atoms with van der Waals surface area (Å²) < 4.78 is 15.4. The van der Waals surface area contributed by atoms with Crippen LogP contribution >= 0.6 is 0 Å². The molecule has 1 atom stereocenters. The fourth-order valence-electron chi connectivity index (χ4n) is 2.03. The van der Waals surface area contributed by atoms with Gasteiger partial charge in [0.1, 0.15) is 11.5 Å². The van der Waals surface area contributed by atoms with Gasteiger partial charge in [-0.05, 0) is 43.3 Å². The summed E-state index contributed by atoms with van der Waals surface area (Å²) in [6.45, 7) is 1.63. The highest BCUT2D eigenvalue weighted by Gasteiger charge is 2.18. The predicted molar refractivity (Wildman–Crippen MR) is 89.5 cm³/mol. The van der Waals surface area contributed by atoms with E-state index in [0.29, 0.717) is 17.2 Å². The normalized spacial score (nSPS) is 11.3. The van der Waals surface area contributed by atoms with Crippen molar-refractivity contribution in [2.45, 2.75) is 13.0 Å². The summed E-state index contributed by atoms with van der Waals surface area (Å²) >= 11 is 0. The summed E-state index contributed by atoms with van der Waals surface area (Å²) in [5.74, 6) is 0.350. The molecule has 0 aromatic heterocycles. The molecule has 0 aliphatic rings. The Morgan fingerprint density at radius 1 is 0.958 bits per heavy atom. The molecular weight excluding hydrogens is 310 g/mol. The van der Waals surface area contributed by atoms with Crippen LogP contribution < -0.4 is 14.8 Å². The molecular formula is C18H19NO5. The number of hydrogen-bond acceptors (Lipinski definition) is 5. The molecule has 1 N–H and O–H groups in total. The highest BCUT2D eigenvalue weighted by atomic mass is 16.5. The minimum Gasteiger partial charge on any atom is -0.497 e. The number of nitrogens with one attached hydrogen (secondary N) is 1. The van der Waals surface area contributed by atoms with Crippen LogP contribution in [-0.2, 0) is 9.53 Å². The summed E-state index contributed by atoms with van der Waals surface area (Å²) in [6.07, 6.45) is -0.746. The smallest absolute Gasteiger partial charge is 0.339 e. The van der Waals surface area contributed by atoms with Gasteiger partial charge in [0.2, 0.25) is 0 Å². The Morgan fingerprint density at radius 2 is 1.58 bits per heavy atom. The lowest BCUT2D eigenvalue weighted by molar-refractivity contribution is -0.122. The van der Waals surface area contributed by atoms with E-state index >= 15 is 0 Å². The Morgan fingerprint density at radius 3 is 2.21 bits per heavy atom. The van der Waals surface area contributed by atoms with Gasteiger partial charge in [-0.2, -0.15) is 0 Å². The van der Waals surface area contributed by atoms with Gasteiger partial charge in [0.25, 0.3) is 5.91 Å². The molecule has 0 unspecified atom stereocenters. The van der Waals surface area contributed by atoms with E-state index in [1.54, 1.807) is 62.6 Å². The second kappa shape index (κ2) is 8.01. The van der Waals surface area contributed by atoms with Crippen LogP contribution in [0.5, 0.6) is 11.5 Å². The molecule has 6 heteroatoms. The minimum atomic E-state index is -0.746. The van der Waals surface area contributed by atoms with E-state index in [-0.39, 0.29) is 11.5 Å². The number of esters is 1. The number of ether oxygens (including phenoxy) is 3. The van der Waals surface area contributed by atoms with Gasteiger partial charge < -0.3 is 19.5 Å². The average Bonchev–Trinajstić information content (AvgIpc) is 2.62. The van der Waals surface area contributed by atoms with Crippen molar-refractivity contribution in [2.24, 2.45) is 0 Å². The zero-order valence-corrected chi connectivity index (χ0v) is 13.7. The van der Waals surface area contributed by atoms with E-state index in [4.69, 9.17) is 14.2 Å². The molecule has 1 amide bonds. The Bertz CT molecular complexity index is 712. The van der Waals surface area contributed by atoms with Gasteiger partial charge in [-0.3, -0.25) is 4.79 Å². The van der Waals surface area contributed by atoms with Crippen LogP contribution in [0.1, 0.15) is 17.3 Å².